The van der Waals surface area contributed by atoms with Crippen molar-refractivity contribution in [3.63, 3.8) is 0 Å². The second kappa shape index (κ2) is 7.93. The van der Waals surface area contributed by atoms with Gasteiger partial charge in [-0.15, -0.1) is 0 Å². The molecule has 0 unspecified atom stereocenters. The Morgan fingerprint density at radius 1 is 1.12 bits per heavy atom. The number of rotatable bonds is 4. The maximum absolute atomic E-state index is 12.7. The second-order valence-corrected chi connectivity index (χ2v) is 8.80. The third-order valence-electron chi connectivity index (χ3n) is 6.03. The number of aromatic nitrogens is 4. The Morgan fingerprint density at radius 3 is 2.76 bits per heavy atom. The van der Waals surface area contributed by atoms with Crippen molar-refractivity contribution >= 4 is 45.9 Å². The highest BCUT2D eigenvalue weighted by Crippen LogP contribution is 2.33. The van der Waals surface area contributed by atoms with Gasteiger partial charge in [0.1, 0.15) is 34.1 Å². The van der Waals surface area contributed by atoms with E-state index in [1.54, 1.807) is 32.0 Å². The summed E-state index contributed by atoms with van der Waals surface area (Å²) in [6, 6.07) is 5.18. The first-order valence-electron chi connectivity index (χ1n) is 10.8. The topological polar surface area (TPSA) is 154 Å². The number of Topliss-reactive ketones (excluding diaryl/α,β-unsaturated/α-hetero) is 1. The fourth-order valence-electron chi connectivity index (χ4n) is 4.07. The first kappa shape index (κ1) is 21.0. The van der Waals surface area contributed by atoms with E-state index in [1.807, 2.05) is 0 Å². The van der Waals surface area contributed by atoms with Gasteiger partial charge in [0.2, 0.25) is 5.91 Å². The average molecular weight is 448 g/mol. The summed E-state index contributed by atoms with van der Waals surface area (Å²) < 4.78 is 0. The predicted octanol–water partition coefficient (Wildman–Crippen LogP) is 1.78. The Balaban J connectivity index is 1.52. The van der Waals surface area contributed by atoms with Gasteiger partial charge >= 0.3 is 0 Å². The van der Waals surface area contributed by atoms with Gasteiger partial charge in [-0.2, -0.15) is 0 Å². The molecule has 2 aliphatic heterocycles. The van der Waals surface area contributed by atoms with Crippen molar-refractivity contribution < 1.29 is 9.59 Å². The Labute approximate surface area is 188 Å². The summed E-state index contributed by atoms with van der Waals surface area (Å²) in [7, 11) is 0. The van der Waals surface area contributed by atoms with Crippen molar-refractivity contribution in [1.29, 1.82) is 0 Å². The fourth-order valence-corrected chi connectivity index (χ4v) is 4.07. The van der Waals surface area contributed by atoms with Crippen molar-refractivity contribution in [1.82, 2.24) is 25.3 Å². The normalized spacial score (nSPS) is 19.6. The summed E-state index contributed by atoms with van der Waals surface area (Å²) in [5.41, 5.74) is -0.689. The van der Waals surface area contributed by atoms with Gasteiger partial charge in [0.15, 0.2) is 5.78 Å². The molecule has 0 aliphatic carbocycles. The van der Waals surface area contributed by atoms with Gasteiger partial charge in [0, 0.05) is 18.7 Å². The molecule has 11 heteroatoms. The molecular formula is C22H24N8O3. The molecule has 0 aromatic carbocycles. The van der Waals surface area contributed by atoms with E-state index >= 15 is 0 Å². The van der Waals surface area contributed by atoms with E-state index in [-0.39, 0.29) is 34.4 Å². The smallest absolute Gasteiger partial charge is 0.262 e. The number of piperidine rings is 1. The van der Waals surface area contributed by atoms with E-state index in [4.69, 9.17) is 0 Å². The van der Waals surface area contributed by atoms with Crippen LogP contribution in [0.3, 0.4) is 0 Å². The highest BCUT2D eigenvalue weighted by Gasteiger charge is 2.42. The third kappa shape index (κ3) is 3.80. The fraction of sp³-hybridized carbons (Fsp3) is 0.364. The zero-order valence-electron chi connectivity index (χ0n) is 18.3. The molecule has 1 fully saturated rings. The van der Waals surface area contributed by atoms with Gasteiger partial charge in [-0.25, -0.2) is 15.0 Å². The Hall–Kier alpha value is -3.86. The summed E-state index contributed by atoms with van der Waals surface area (Å²) in [5.74, 6) is 0.649. The minimum Gasteiger partial charge on any atom is -0.366 e. The quantitative estimate of drug-likeness (QED) is 0.376. The number of pyridine rings is 2. The monoisotopic (exact) mass is 448 g/mol. The summed E-state index contributed by atoms with van der Waals surface area (Å²) in [6.07, 6.45) is 3.42. The molecule has 33 heavy (non-hydrogen) atoms. The maximum atomic E-state index is 12.7. The van der Waals surface area contributed by atoms with Crippen LogP contribution in [-0.4, -0.2) is 50.8 Å². The molecule has 0 spiro atoms. The van der Waals surface area contributed by atoms with E-state index in [2.05, 4.69) is 41.2 Å². The molecule has 1 atom stereocenters. The lowest BCUT2D eigenvalue weighted by Crippen LogP contribution is -2.42. The van der Waals surface area contributed by atoms with Crippen molar-refractivity contribution in [3.8, 4) is 0 Å². The number of hydrogen-bond acceptors (Lipinski definition) is 9. The molecule has 11 nitrogen and oxygen atoms in total. The van der Waals surface area contributed by atoms with Crippen LogP contribution in [0.4, 0.5) is 23.3 Å². The lowest BCUT2D eigenvalue weighted by atomic mass is 9.81. The molecular weight excluding hydrogens is 424 g/mol. The van der Waals surface area contributed by atoms with Crippen LogP contribution in [0.2, 0.25) is 0 Å². The number of nitrogens with one attached hydrogen (secondary N) is 5. The van der Waals surface area contributed by atoms with Gasteiger partial charge in [-0.05, 0) is 45.4 Å². The number of nitrogens with zero attached hydrogens (tertiary/aromatic N) is 3. The summed E-state index contributed by atoms with van der Waals surface area (Å²) in [5, 5.41) is 12.8. The summed E-state index contributed by atoms with van der Waals surface area (Å²) in [4.78, 5) is 53.4. The first-order chi connectivity index (χ1) is 15.8. The van der Waals surface area contributed by atoms with Crippen LogP contribution >= 0.6 is 0 Å². The van der Waals surface area contributed by atoms with Gasteiger partial charge in [-0.1, -0.05) is 0 Å². The number of amides is 1. The molecule has 0 radical (unpaired) electrons. The predicted molar refractivity (Wildman–Crippen MR) is 124 cm³/mol. The standard InChI is InChI=1S/C22H24N8O3/c1-22(2)17(31)12-5-6-14(27-18(12)30-21(22)33)28-19-16-13(24-10-25-20(16)32)8-15(29-19)26-11-4-3-7-23-9-11/h5-6,8,10-11,23H,3-4,7,9H2,1-2H3,(H,24,25,32)(H3,26,27,28,29,30,33)/t11-/m0/s1. The number of ketones is 1. The molecule has 3 aromatic heterocycles. The van der Waals surface area contributed by atoms with Crippen molar-refractivity contribution in [2.24, 2.45) is 5.41 Å². The van der Waals surface area contributed by atoms with Gasteiger partial charge in [-0.3, -0.25) is 14.4 Å². The number of fused-ring (bicyclic) bond motifs is 2. The summed E-state index contributed by atoms with van der Waals surface area (Å²) >= 11 is 0. The highest BCUT2D eigenvalue weighted by molar-refractivity contribution is 6.23. The largest absolute Gasteiger partial charge is 0.366 e. The first-order valence-corrected chi connectivity index (χ1v) is 10.8. The van der Waals surface area contributed by atoms with E-state index in [0.29, 0.717) is 22.7 Å². The second-order valence-electron chi connectivity index (χ2n) is 8.80. The van der Waals surface area contributed by atoms with E-state index in [0.717, 1.165) is 25.9 Å². The van der Waals surface area contributed by atoms with Crippen LogP contribution in [0.15, 0.2) is 29.3 Å². The van der Waals surface area contributed by atoms with Crippen LogP contribution in [0.25, 0.3) is 10.9 Å². The number of H-pyrrole nitrogens is 1. The lowest BCUT2D eigenvalue weighted by Gasteiger charge is -2.28. The lowest BCUT2D eigenvalue weighted by molar-refractivity contribution is -0.122. The molecule has 5 rings (SSSR count). The van der Waals surface area contributed by atoms with E-state index in [1.165, 1.54) is 6.33 Å². The van der Waals surface area contributed by atoms with Crippen LogP contribution < -0.4 is 26.8 Å². The Morgan fingerprint density at radius 2 is 1.97 bits per heavy atom. The minimum atomic E-state index is -1.16. The zero-order chi connectivity index (χ0) is 23.2. The highest BCUT2D eigenvalue weighted by atomic mass is 16.2. The molecule has 3 aromatic rings. The zero-order valence-corrected chi connectivity index (χ0v) is 18.3. The SMILES string of the molecule is CC1(C)C(=O)Nc2nc(Nc3nc(N[C@H]4CCCNC4)cc4nc[nH]c(=O)c34)ccc2C1=O. The molecule has 5 N–H and O–H groups in total. The molecule has 0 bridgehead atoms. The number of anilines is 4. The van der Waals surface area contributed by atoms with Crippen molar-refractivity contribution in [2.45, 2.75) is 32.7 Å². The number of aromatic amines is 1. The Bertz CT molecular complexity index is 1330. The molecule has 2 aliphatic rings. The van der Waals surface area contributed by atoms with Crippen LogP contribution in [0, 0.1) is 5.41 Å². The Kier molecular flexibility index (Phi) is 5.05. The molecule has 1 amide bonds. The number of carbonyl (C=O) groups excluding carboxylic acids is 2. The van der Waals surface area contributed by atoms with E-state index in [9.17, 15) is 14.4 Å². The molecule has 170 valence electrons. The van der Waals surface area contributed by atoms with Crippen LogP contribution in [0.1, 0.15) is 37.0 Å². The molecule has 0 saturated carbocycles. The van der Waals surface area contributed by atoms with E-state index < -0.39 is 11.3 Å². The number of carbonyl (C=O) groups is 2. The van der Waals surface area contributed by atoms with Crippen LogP contribution in [-0.2, 0) is 4.79 Å². The summed E-state index contributed by atoms with van der Waals surface area (Å²) in [6.45, 7) is 4.97. The molecule has 5 heterocycles. The molecule has 1 saturated heterocycles. The average Bonchev–Trinajstić information content (AvgIpc) is 2.78. The van der Waals surface area contributed by atoms with Gasteiger partial charge in [0.05, 0.1) is 17.4 Å². The van der Waals surface area contributed by atoms with Gasteiger partial charge in [0.25, 0.3) is 5.56 Å². The minimum absolute atomic E-state index is 0.174. The van der Waals surface area contributed by atoms with Crippen molar-refractivity contribution in [2.75, 3.05) is 29.0 Å². The van der Waals surface area contributed by atoms with Crippen molar-refractivity contribution in [3.05, 3.63) is 40.4 Å². The third-order valence-corrected chi connectivity index (χ3v) is 6.03. The van der Waals surface area contributed by atoms with Gasteiger partial charge < -0.3 is 26.3 Å². The maximum Gasteiger partial charge on any atom is 0.262 e. The van der Waals surface area contributed by atoms with Crippen LogP contribution in [0.5, 0.6) is 0 Å². The number of hydrogen-bond donors (Lipinski definition) is 5.